The second-order valence-electron chi connectivity index (χ2n) is 15.3. The molecule has 5 aromatic rings. The van der Waals surface area contributed by atoms with Gasteiger partial charge in [-0.15, -0.1) is 21.9 Å². The molecule has 0 amide bonds. The molecule has 0 bridgehead atoms. The molecule has 0 spiro atoms. The minimum absolute atomic E-state index is 0.386. The van der Waals surface area contributed by atoms with Gasteiger partial charge in [-0.1, -0.05) is 70.4 Å². The topological polar surface area (TPSA) is 17.1 Å². The van der Waals surface area contributed by atoms with Crippen molar-refractivity contribution < 1.29 is 92.6 Å². The molecule has 0 aliphatic carbocycles. The van der Waals surface area contributed by atoms with Crippen LogP contribution < -0.4 is 21.9 Å². The molecule has 0 unspecified atom stereocenters. The number of rotatable bonds is 16. The number of benzene rings is 5. The highest BCUT2D eigenvalue weighted by Crippen LogP contribution is 2.61. The fourth-order valence-electron chi connectivity index (χ4n) is 7.95. The van der Waals surface area contributed by atoms with E-state index in [0.29, 0.717) is 5.78 Å². The summed E-state index contributed by atoms with van der Waals surface area (Å²) in [6.45, 7) is 6.81. The van der Waals surface area contributed by atoms with E-state index >= 15 is 35.1 Å². The summed E-state index contributed by atoms with van der Waals surface area (Å²) in [6.07, 6.45) is 5.23. The van der Waals surface area contributed by atoms with Gasteiger partial charge in [0.15, 0.2) is 75.6 Å². The highest BCUT2D eigenvalue weighted by molar-refractivity contribution is 7.76. The third-order valence-electron chi connectivity index (χ3n) is 11.2. The molecule has 5 rings (SSSR count). The first kappa shape index (κ1) is 54.5. The maximum absolute atomic E-state index is 15.4. The predicted molar refractivity (Wildman–Crippen MR) is 211 cm³/mol. The minimum atomic E-state index is -7.22. The van der Waals surface area contributed by atoms with E-state index < -0.39 is 152 Å². The van der Waals surface area contributed by atoms with E-state index in [1.54, 1.807) is 0 Å². The molecule has 23 heteroatoms. The third kappa shape index (κ3) is 9.78. The largest absolute Gasteiger partial charge is 0.290 e. The molecule has 1 nitrogen and oxygen atoms in total. The van der Waals surface area contributed by atoms with Crippen molar-refractivity contribution in [2.75, 3.05) is 24.6 Å². The molecule has 0 saturated heterocycles. The molecule has 0 radical (unpaired) electrons. The minimum Gasteiger partial charge on any atom is -0.290 e. The van der Waals surface area contributed by atoms with E-state index in [1.807, 2.05) is 30.3 Å². The summed E-state index contributed by atoms with van der Waals surface area (Å²) < 4.78 is 294. The summed E-state index contributed by atoms with van der Waals surface area (Å²) in [4.78, 5) is 12.8. The van der Waals surface area contributed by atoms with Crippen molar-refractivity contribution in [3.8, 4) is 0 Å². The normalized spacial score (nSPS) is 11.9. The monoisotopic (exact) mass is 1000 g/mol. The average molecular weight is 1000 g/mol. The fraction of sp³-hybridized carbons (Fsp3) is 0.295. The van der Waals surface area contributed by atoms with Gasteiger partial charge < -0.3 is 0 Å². The van der Waals surface area contributed by atoms with Crippen LogP contribution in [0.5, 0.6) is 0 Å². The first-order chi connectivity index (χ1) is 31.4. The Kier molecular flexibility index (Phi) is 17.8. The number of halogens is 20. The van der Waals surface area contributed by atoms with Crippen molar-refractivity contribution in [2.24, 2.45) is 0 Å². The predicted octanol–water partition coefficient (Wildman–Crippen LogP) is 12.1. The molecular formula is C44H34BF20OP. The SMILES string of the molecule is CCCC[P+](CCCC)(CCCC)CC(=O)c1ccccc1.Fc1c(F)c(F)c([B-](c2c(F)c(F)c(F)c(F)c2F)(c2c(F)c(F)c(F)c(F)c2F)c2c(F)c(F)c(F)c(F)c2F)c(F)c1F. The summed E-state index contributed by atoms with van der Waals surface area (Å²) >= 11 is 0. The molecule has 0 atom stereocenters. The Morgan fingerprint density at radius 3 is 0.776 bits per heavy atom. The summed E-state index contributed by atoms with van der Waals surface area (Å²) in [5.41, 5.74) is -13.4. The Hall–Kier alpha value is -5.14. The van der Waals surface area contributed by atoms with Gasteiger partial charge in [-0.2, -0.15) is 0 Å². The molecule has 67 heavy (non-hydrogen) atoms. The summed E-state index contributed by atoms with van der Waals surface area (Å²) in [5.74, 6) is -71.0. The molecule has 364 valence electrons. The maximum atomic E-state index is 15.4. The van der Waals surface area contributed by atoms with Crippen LogP contribution in [0.25, 0.3) is 0 Å². The standard InChI is InChI=1S/C24BF20.C20H34OP/c26-5-1(6(27)14(35)21(42)13(5)34)25(2-7(28)15(36)22(43)16(37)8(2)29,3-9(30)17(38)23(44)18(39)10(3)31)4-11(32)19(40)24(45)20(41)12(4)33;1-4-7-15-22(16-8-5-2,17-9-6-3)18-20(21)19-13-11-10-12-14-19/h;10-14H,4-9,15-18H2,1-3H3/q-1;+1. The van der Waals surface area contributed by atoms with Crippen LogP contribution >= 0.6 is 7.26 Å². The quantitative estimate of drug-likeness (QED) is 0.0240. The molecule has 0 aliphatic rings. The van der Waals surface area contributed by atoms with E-state index in [2.05, 4.69) is 20.8 Å². The molecular weight excluding hydrogens is 966 g/mol. The lowest BCUT2D eigenvalue weighted by atomic mass is 9.12. The smallest absolute Gasteiger partial charge is 0.200 e. The van der Waals surface area contributed by atoms with Crippen molar-refractivity contribution in [3.63, 3.8) is 0 Å². The zero-order valence-electron chi connectivity index (χ0n) is 34.9. The summed E-state index contributed by atoms with van der Waals surface area (Å²) in [6, 6.07) is 9.92. The zero-order valence-corrected chi connectivity index (χ0v) is 35.8. The summed E-state index contributed by atoms with van der Waals surface area (Å²) in [7, 11) is -1.12. The third-order valence-corrected chi connectivity index (χ3v) is 16.0. The Labute approximate surface area is 369 Å². The molecule has 0 N–H and O–H groups in total. The van der Waals surface area contributed by atoms with E-state index in [9.17, 15) is 57.5 Å². The molecule has 5 aromatic carbocycles. The van der Waals surface area contributed by atoms with Crippen molar-refractivity contribution in [2.45, 2.75) is 59.3 Å². The number of unbranched alkanes of at least 4 members (excludes halogenated alkanes) is 3. The number of hydrogen-bond donors (Lipinski definition) is 0. The molecule has 0 aromatic heterocycles. The van der Waals surface area contributed by atoms with Crippen molar-refractivity contribution in [3.05, 3.63) is 152 Å². The second-order valence-corrected chi connectivity index (χ2v) is 19.7. The molecule has 0 aliphatic heterocycles. The number of ketones is 1. The maximum Gasteiger partial charge on any atom is 0.200 e. The van der Waals surface area contributed by atoms with Crippen LogP contribution in [0.4, 0.5) is 87.8 Å². The van der Waals surface area contributed by atoms with E-state index in [4.69, 9.17) is 0 Å². The van der Waals surface area contributed by atoms with Gasteiger partial charge in [-0.3, -0.25) is 4.79 Å². The van der Waals surface area contributed by atoms with Crippen molar-refractivity contribution in [1.82, 2.24) is 0 Å². The first-order valence-electron chi connectivity index (χ1n) is 20.0. The highest BCUT2D eigenvalue weighted by atomic mass is 31.2. The molecule has 0 fully saturated rings. The van der Waals surface area contributed by atoms with Crippen LogP contribution in [0.15, 0.2) is 30.3 Å². The van der Waals surface area contributed by atoms with E-state index in [0.717, 1.165) is 11.7 Å². The Morgan fingerprint density at radius 1 is 0.358 bits per heavy atom. The van der Waals surface area contributed by atoms with Gasteiger partial charge in [0.25, 0.3) is 0 Å². The number of carbonyl (C=O) groups is 1. The summed E-state index contributed by atoms with van der Waals surface area (Å²) in [5, 5.41) is 0. The van der Waals surface area contributed by atoms with Crippen LogP contribution in [-0.4, -0.2) is 36.6 Å². The van der Waals surface area contributed by atoms with Crippen LogP contribution in [0.1, 0.15) is 69.7 Å². The van der Waals surface area contributed by atoms with Crippen molar-refractivity contribution >= 4 is 41.0 Å². The number of carbonyl (C=O) groups excluding carboxylic acids is 1. The van der Waals surface area contributed by atoms with E-state index in [1.165, 1.54) is 57.0 Å². The number of hydrogen-bond acceptors (Lipinski definition) is 1. The van der Waals surface area contributed by atoms with Crippen molar-refractivity contribution in [1.29, 1.82) is 0 Å². The van der Waals surface area contributed by atoms with Crippen LogP contribution in [0.2, 0.25) is 0 Å². The van der Waals surface area contributed by atoms with E-state index in [-0.39, 0.29) is 0 Å². The lowest BCUT2D eigenvalue weighted by Crippen LogP contribution is -2.81. The Morgan fingerprint density at radius 2 is 0.567 bits per heavy atom. The molecule has 0 saturated carbocycles. The van der Waals surface area contributed by atoms with Gasteiger partial charge in [-0.25, -0.2) is 87.8 Å². The lowest BCUT2D eigenvalue weighted by Gasteiger charge is -2.44. The second kappa shape index (κ2) is 21.9. The van der Waals surface area contributed by atoms with Crippen LogP contribution in [0.3, 0.4) is 0 Å². The van der Waals surface area contributed by atoms with Gasteiger partial charge >= 0.3 is 0 Å². The van der Waals surface area contributed by atoms with Gasteiger partial charge in [0.1, 0.15) is 58.8 Å². The molecule has 0 heterocycles. The number of Topliss-reactive ketones (excluding diaryl/α,β-unsaturated/α-hetero) is 1. The van der Waals surface area contributed by atoms with Gasteiger partial charge in [0.2, 0.25) is 0 Å². The van der Waals surface area contributed by atoms with Gasteiger partial charge in [0.05, 0.1) is 18.5 Å². The Bertz CT molecular complexity index is 2260. The average Bonchev–Trinajstić information content (AvgIpc) is 3.32. The van der Waals surface area contributed by atoms with Gasteiger partial charge in [0, 0.05) is 12.8 Å². The fourth-order valence-corrected chi connectivity index (χ4v) is 12.8. The first-order valence-corrected chi connectivity index (χ1v) is 22.6. The van der Waals surface area contributed by atoms with Crippen LogP contribution in [-0.2, 0) is 0 Å². The zero-order chi connectivity index (χ0) is 50.6. The van der Waals surface area contributed by atoms with Crippen LogP contribution in [0, 0.1) is 116 Å². The highest BCUT2D eigenvalue weighted by Gasteiger charge is 2.52. The Balaban J connectivity index is 0.000000374. The lowest BCUT2D eigenvalue weighted by molar-refractivity contribution is 0.102. The van der Waals surface area contributed by atoms with Gasteiger partial charge in [-0.05, 0) is 19.3 Å².